The largest absolute Gasteiger partial charge is 0.482 e. The number of hydrogen-bond acceptors (Lipinski definition) is 14. The van der Waals surface area contributed by atoms with Gasteiger partial charge >= 0.3 is 11.9 Å². The minimum atomic E-state index is -1.03. The van der Waals surface area contributed by atoms with Gasteiger partial charge in [-0.1, -0.05) is 0 Å². The molecule has 0 spiro atoms. The monoisotopic (exact) mass is 1250 g/mol. The van der Waals surface area contributed by atoms with E-state index in [2.05, 4.69) is 36.2 Å². The highest BCUT2D eigenvalue weighted by Crippen LogP contribution is 2.36. The minimum Gasteiger partial charge on any atom is -0.482 e. The average Bonchev–Trinajstić information content (AvgIpc) is 1.80. The maximum atomic E-state index is 13.8. The van der Waals surface area contributed by atoms with Crippen molar-refractivity contribution in [1.29, 1.82) is 0 Å². The summed E-state index contributed by atoms with van der Waals surface area (Å²) in [5, 5.41) is 29.2. The molecule has 2 saturated heterocycles. The molecule has 0 aliphatic carbocycles. The molecule has 5 aliphatic heterocycles. The predicted molar refractivity (Wildman–Crippen MR) is 329 cm³/mol. The Balaban J connectivity index is 0.000000173. The molecule has 0 bridgehead atoms. The highest BCUT2D eigenvalue weighted by molar-refractivity contribution is 6.35. The summed E-state index contributed by atoms with van der Waals surface area (Å²) in [6.45, 7) is 20.0. The van der Waals surface area contributed by atoms with Crippen LogP contribution in [-0.4, -0.2) is 178 Å². The quantitative estimate of drug-likeness (QED) is 0.0713. The molecule has 4 amide bonds. The molecular formula is C64H75F3N8O15. The number of carbonyl (C=O) groups is 6. The summed E-state index contributed by atoms with van der Waals surface area (Å²) >= 11 is 0. The zero-order chi connectivity index (χ0) is 65.0. The fourth-order valence-electron chi connectivity index (χ4n) is 10.1. The number of anilines is 3. The van der Waals surface area contributed by atoms with Crippen molar-refractivity contribution in [3.05, 3.63) is 151 Å². The number of carbonyl (C=O) groups excluding carboxylic acids is 4. The number of carboxylic acid groups (broad SMARTS) is 2. The van der Waals surface area contributed by atoms with E-state index in [1.165, 1.54) is 49.6 Å². The van der Waals surface area contributed by atoms with Crippen LogP contribution in [0.5, 0.6) is 5.88 Å². The Labute approximate surface area is 517 Å². The van der Waals surface area contributed by atoms with Crippen molar-refractivity contribution in [1.82, 2.24) is 25.2 Å². The SMILES string of the molecule is C1COCCOCCOCCN1.COc1[nH]c(C)c(C(=O)O)c1C.Cc1[nH]c(/C=C2\C(=O)Nc3ccc(F)cc32)c(C)c1C(=O)N1CCOCCOCCOCC1.Cc1[nH]c(/C=C2\C(=O)Nc3ccc(F)cc32)c(C)c1C(=O)O.O=C1Cc2cc(F)ccc2N1. The molecule has 482 valence electrons. The van der Waals surface area contributed by atoms with Gasteiger partial charge in [-0.2, -0.15) is 0 Å². The number of ether oxygens (including phenoxy) is 7. The third-order valence-corrected chi connectivity index (χ3v) is 14.6. The second kappa shape index (κ2) is 33.1. The number of rotatable bonds is 6. The Morgan fingerprint density at radius 1 is 0.511 bits per heavy atom. The van der Waals surface area contributed by atoms with Crippen molar-refractivity contribution in [2.24, 2.45) is 0 Å². The van der Waals surface area contributed by atoms with E-state index in [0.717, 1.165) is 43.1 Å². The van der Waals surface area contributed by atoms with Crippen molar-refractivity contribution >= 4 is 75.9 Å². The molecule has 8 heterocycles. The number of hydrogen-bond donors (Lipinski definition) is 9. The van der Waals surface area contributed by atoms with E-state index in [0.29, 0.717) is 176 Å². The molecule has 3 aromatic heterocycles. The zero-order valence-electron chi connectivity index (χ0n) is 51.2. The number of nitrogens with zero attached hydrogens (tertiary/aromatic N) is 1. The van der Waals surface area contributed by atoms with Crippen molar-refractivity contribution in [3.63, 3.8) is 0 Å². The Hall–Kier alpha value is -8.89. The number of aromatic nitrogens is 3. The van der Waals surface area contributed by atoms with E-state index >= 15 is 0 Å². The van der Waals surface area contributed by atoms with Gasteiger partial charge in [-0.15, -0.1) is 0 Å². The molecular weight excluding hydrogens is 1180 g/mol. The molecule has 0 unspecified atom stereocenters. The molecule has 26 heteroatoms. The molecule has 0 radical (unpaired) electrons. The number of aromatic amines is 3. The number of halogens is 3. The van der Waals surface area contributed by atoms with Crippen LogP contribution in [0.1, 0.15) is 92.9 Å². The first-order valence-electron chi connectivity index (χ1n) is 29.0. The molecule has 2 fully saturated rings. The van der Waals surface area contributed by atoms with Crippen molar-refractivity contribution in [2.75, 3.05) is 129 Å². The van der Waals surface area contributed by atoms with Crippen LogP contribution in [0.25, 0.3) is 23.3 Å². The maximum Gasteiger partial charge on any atom is 0.337 e. The third kappa shape index (κ3) is 18.4. The van der Waals surface area contributed by atoms with Gasteiger partial charge in [0.15, 0.2) is 5.88 Å². The van der Waals surface area contributed by atoms with Crippen LogP contribution in [0, 0.1) is 59.0 Å². The van der Waals surface area contributed by atoms with Gasteiger partial charge in [0.05, 0.1) is 121 Å². The van der Waals surface area contributed by atoms with Crippen molar-refractivity contribution < 1.29 is 85.3 Å². The van der Waals surface area contributed by atoms with Crippen LogP contribution < -0.4 is 26.0 Å². The zero-order valence-corrected chi connectivity index (χ0v) is 51.2. The van der Waals surface area contributed by atoms with Crippen LogP contribution in [-0.2, 0) is 49.2 Å². The second-order valence-electron chi connectivity index (χ2n) is 20.9. The first kappa shape index (κ1) is 68.6. The summed E-state index contributed by atoms with van der Waals surface area (Å²) in [5.74, 6) is -3.43. The average molecular weight is 1250 g/mol. The number of benzene rings is 3. The fraction of sp³-hybridized carbons (Fsp3) is 0.375. The molecule has 0 saturated carbocycles. The van der Waals surface area contributed by atoms with E-state index in [1.807, 2.05) is 13.8 Å². The number of amides is 4. The van der Waals surface area contributed by atoms with Crippen LogP contribution in [0.3, 0.4) is 0 Å². The summed E-state index contributed by atoms with van der Waals surface area (Å²) in [4.78, 5) is 81.4. The van der Waals surface area contributed by atoms with Gasteiger partial charge in [0, 0.05) is 88.4 Å². The number of carboxylic acids is 2. The summed E-state index contributed by atoms with van der Waals surface area (Å²) < 4.78 is 77.0. The van der Waals surface area contributed by atoms with Gasteiger partial charge in [0.25, 0.3) is 17.7 Å². The topological polar surface area (TPSA) is 306 Å². The lowest BCUT2D eigenvalue weighted by atomic mass is 10.0. The highest BCUT2D eigenvalue weighted by atomic mass is 19.1. The number of aryl methyl sites for hydroxylation is 3. The van der Waals surface area contributed by atoms with Gasteiger partial charge in [-0.3, -0.25) is 19.2 Å². The lowest BCUT2D eigenvalue weighted by Crippen LogP contribution is -2.37. The first-order valence-corrected chi connectivity index (χ1v) is 29.0. The molecule has 9 N–H and O–H groups in total. The highest BCUT2D eigenvalue weighted by Gasteiger charge is 2.29. The summed E-state index contributed by atoms with van der Waals surface area (Å²) in [6, 6.07) is 12.5. The van der Waals surface area contributed by atoms with Gasteiger partial charge in [0.1, 0.15) is 17.5 Å². The van der Waals surface area contributed by atoms with Gasteiger partial charge in [0.2, 0.25) is 5.91 Å². The normalized spacial score (nSPS) is 17.0. The standard InChI is InChI=1S/C24H28FN3O5.C16H13FN2O3.C8H6FNO.C8H11NO3.C8H17NO3/c1-15-21(14-19-18-13-17(25)3-4-20(18)27-23(19)29)26-16(2)22(15)24(30)28-5-7-31-9-11-33-12-10-32-8-6-28;1-7-13(18-8(2)14(7)16(21)22)6-11-10-5-9(17)3-4-12(10)19-15(11)20;9-6-1-2-7-5(3-6)4-8(11)10-7;1-4-6(8(10)11)5(2)9-7(4)12-3;1-3-10-5-7-12-8-6-11-4-2-9-1/h3-4,13-14,26H,5-12H2,1-2H3,(H,27,29);3-6,18H,1-2H3,(H,19,20)(H,21,22);1-3H,4H2,(H,10,11);9H,1-3H3,(H,10,11);9H,1-8H2/b19-14-;11-6-;;;. The Kier molecular flexibility index (Phi) is 25.2. The lowest BCUT2D eigenvalue weighted by Gasteiger charge is -2.24. The Bertz CT molecular complexity index is 3570. The molecule has 5 aliphatic rings. The molecule has 0 atom stereocenters. The smallest absolute Gasteiger partial charge is 0.337 e. The van der Waals surface area contributed by atoms with Crippen LogP contribution >= 0.6 is 0 Å². The number of H-pyrrole nitrogens is 3. The third-order valence-electron chi connectivity index (χ3n) is 14.6. The maximum absolute atomic E-state index is 13.8. The second-order valence-corrected chi connectivity index (χ2v) is 20.9. The summed E-state index contributed by atoms with van der Waals surface area (Å²) in [5.41, 5.74) is 10.1. The van der Waals surface area contributed by atoms with Crippen molar-refractivity contribution in [2.45, 2.75) is 48.0 Å². The number of methoxy groups -OCH3 is 1. The minimum absolute atomic E-state index is 0.0643. The van der Waals surface area contributed by atoms with Gasteiger partial charge in [-0.25, -0.2) is 22.8 Å². The fourth-order valence-corrected chi connectivity index (χ4v) is 10.1. The number of nitrogens with one attached hydrogen (secondary N) is 7. The van der Waals surface area contributed by atoms with Crippen LogP contribution in [0.2, 0.25) is 0 Å². The van der Waals surface area contributed by atoms with Crippen molar-refractivity contribution in [3.8, 4) is 5.88 Å². The van der Waals surface area contributed by atoms with E-state index < -0.39 is 23.6 Å². The van der Waals surface area contributed by atoms with E-state index in [1.54, 1.807) is 56.9 Å². The number of fused-ring (bicyclic) bond motifs is 3. The molecule has 6 aromatic rings. The van der Waals surface area contributed by atoms with Gasteiger partial charge in [-0.05, 0) is 125 Å². The first-order chi connectivity index (χ1) is 43.2. The van der Waals surface area contributed by atoms with E-state index in [4.69, 9.17) is 38.3 Å². The lowest BCUT2D eigenvalue weighted by molar-refractivity contribution is -0.115. The molecule has 23 nitrogen and oxygen atoms in total. The number of aromatic carboxylic acids is 2. The Morgan fingerprint density at radius 3 is 1.34 bits per heavy atom. The van der Waals surface area contributed by atoms with E-state index in [9.17, 15) is 47.0 Å². The van der Waals surface area contributed by atoms with Gasteiger partial charge < -0.3 is 84.5 Å². The summed E-state index contributed by atoms with van der Waals surface area (Å²) in [7, 11) is 1.50. The molecule has 11 rings (SSSR count). The summed E-state index contributed by atoms with van der Waals surface area (Å²) in [6.07, 6.45) is 3.52. The predicted octanol–water partition coefficient (Wildman–Crippen LogP) is 8.03. The van der Waals surface area contributed by atoms with Crippen LogP contribution in [0.15, 0.2) is 54.6 Å². The van der Waals surface area contributed by atoms with E-state index in [-0.39, 0.29) is 35.0 Å². The molecule has 3 aromatic carbocycles. The Morgan fingerprint density at radius 2 is 0.911 bits per heavy atom. The van der Waals surface area contributed by atoms with Crippen LogP contribution in [0.4, 0.5) is 30.2 Å². The molecule has 90 heavy (non-hydrogen) atoms.